The van der Waals surface area contributed by atoms with Gasteiger partial charge in [-0.2, -0.15) is 0 Å². The highest BCUT2D eigenvalue weighted by atomic mass is 127. The summed E-state index contributed by atoms with van der Waals surface area (Å²) >= 11 is 3.26. The average molecular weight is 460 g/mol. The van der Waals surface area contributed by atoms with Gasteiger partial charge in [0.2, 0.25) is 10.0 Å². The molecule has 84 valence electrons. The molecule has 0 spiro atoms. The Morgan fingerprint density at radius 3 is 2.27 bits per heavy atom. The van der Waals surface area contributed by atoms with E-state index in [0.717, 1.165) is 6.20 Å². The van der Waals surface area contributed by atoms with E-state index < -0.39 is 22.1 Å². The van der Waals surface area contributed by atoms with E-state index in [2.05, 4.69) is 4.98 Å². The van der Waals surface area contributed by atoms with E-state index in [0.29, 0.717) is 0 Å². The molecule has 0 unspecified atom stereocenters. The van der Waals surface area contributed by atoms with Crippen molar-refractivity contribution in [1.29, 1.82) is 0 Å². The van der Waals surface area contributed by atoms with Gasteiger partial charge in [-0.15, -0.1) is 0 Å². The number of rotatable bonds is 2. The third-order valence-corrected chi connectivity index (χ3v) is 6.00. The molecule has 9 heteroatoms. The lowest BCUT2D eigenvalue weighted by Gasteiger charge is -2.07. The lowest BCUT2D eigenvalue weighted by molar-refractivity contribution is 0.144. The number of alkyl halides is 2. The number of sulfonamides is 1. The summed E-state index contributed by atoms with van der Waals surface area (Å²) in [5.74, 6) is 0. The van der Waals surface area contributed by atoms with Gasteiger partial charge in [0.15, 0.2) is 0 Å². The first-order chi connectivity index (χ1) is 6.75. The van der Waals surface area contributed by atoms with Crippen LogP contribution in [0.2, 0.25) is 0 Å². The molecule has 1 heterocycles. The Balaban J connectivity index is 3.48. The molecule has 0 fully saturated rings. The smallest absolute Gasteiger partial charge is 0.253 e. The van der Waals surface area contributed by atoms with Crippen LogP contribution in [0, 0.1) is 7.14 Å². The van der Waals surface area contributed by atoms with E-state index in [1.54, 1.807) is 45.2 Å². The van der Waals surface area contributed by atoms with Crippen LogP contribution in [0.15, 0.2) is 11.1 Å². The van der Waals surface area contributed by atoms with Crippen molar-refractivity contribution < 1.29 is 17.2 Å². The van der Waals surface area contributed by atoms with Gasteiger partial charge >= 0.3 is 0 Å². The van der Waals surface area contributed by atoms with E-state index >= 15 is 0 Å². The maximum absolute atomic E-state index is 12.4. The van der Waals surface area contributed by atoms with E-state index in [1.165, 1.54) is 0 Å². The molecule has 4 nitrogen and oxygen atoms in total. The fraction of sp³-hybridized carbons (Fsp3) is 0.167. The molecule has 0 amide bonds. The molecular formula is C6H4F2I2N2O2S. The van der Waals surface area contributed by atoms with Gasteiger partial charge in [-0.05, 0) is 45.2 Å². The number of primary sulfonamides is 1. The lowest BCUT2D eigenvalue weighted by atomic mass is 10.4. The zero-order valence-electron chi connectivity index (χ0n) is 6.92. The van der Waals surface area contributed by atoms with Crippen molar-refractivity contribution in [2.75, 3.05) is 0 Å². The zero-order valence-corrected chi connectivity index (χ0v) is 12.0. The molecule has 0 saturated heterocycles. The molecule has 1 rings (SSSR count). The quantitative estimate of drug-likeness (QED) is 0.686. The highest BCUT2D eigenvalue weighted by molar-refractivity contribution is 14.1. The Labute approximate surface area is 112 Å². The van der Waals surface area contributed by atoms with Gasteiger partial charge in [-0.1, -0.05) is 0 Å². The molecule has 0 aliphatic rings. The summed E-state index contributed by atoms with van der Waals surface area (Å²) < 4.78 is 47.1. The summed E-state index contributed by atoms with van der Waals surface area (Å²) in [7, 11) is -3.92. The summed E-state index contributed by atoms with van der Waals surface area (Å²) in [5, 5.41) is 4.89. The molecule has 0 atom stereocenters. The van der Waals surface area contributed by atoms with Crippen LogP contribution >= 0.6 is 45.2 Å². The number of halogens is 4. The minimum absolute atomic E-state index is 0.106. The number of nitrogens with two attached hydrogens (primary N) is 1. The second-order valence-corrected chi connectivity index (χ2v) is 6.17. The highest BCUT2D eigenvalue weighted by Gasteiger charge is 2.22. The first kappa shape index (κ1) is 13.4. The monoisotopic (exact) mass is 460 g/mol. The van der Waals surface area contributed by atoms with E-state index in [1.807, 2.05) is 0 Å². The lowest BCUT2D eigenvalue weighted by Crippen LogP contribution is -2.16. The average Bonchev–Trinajstić information content (AvgIpc) is 2.06. The second-order valence-electron chi connectivity index (χ2n) is 2.48. The normalized spacial score (nSPS) is 12.1. The molecule has 0 bridgehead atoms. The van der Waals surface area contributed by atoms with Crippen LogP contribution in [0.4, 0.5) is 8.78 Å². The van der Waals surface area contributed by atoms with Crippen LogP contribution < -0.4 is 5.14 Å². The number of pyridine rings is 1. The Kier molecular flexibility index (Phi) is 4.22. The summed E-state index contributed by atoms with van der Waals surface area (Å²) in [4.78, 5) is 3.14. The first-order valence-corrected chi connectivity index (χ1v) is 7.10. The van der Waals surface area contributed by atoms with Crippen LogP contribution in [-0.4, -0.2) is 13.4 Å². The molecular weight excluding hydrogens is 456 g/mol. The van der Waals surface area contributed by atoms with E-state index in [4.69, 9.17) is 5.14 Å². The van der Waals surface area contributed by atoms with Crippen molar-refractivity contribution in [3.63, 3.8) is 0 Å². The molecule has 2 N–H and O–H groups in total. The summed E-state index contributed by atoms with van der Waals surface area (Å²) in [5.41, 5.74) is -0.438. The van der Waals surface area contributed by atoms with Gasteiger partial charge < -0.3 is 0 Å². The molecule has 0 saturated carbocycles. The van der Waals surface area contributed by atoms with Gasteiger partial charge in [0, 0.05) is 6.20 Å². The van der Waals surface area contributed by atoms with Crippen LogP contribution in [0.1, 0.15) is 12.1 Å². The van der Waals surface area contributed by atoms with Crippen molar-refractivity contribution in [1.82, 2.24) is 4.98 Å². The Hall–Kier alpha value is 0.380. The molecule has 0 radical (unpaired) electrons. The summed E-state index contributed by atoms with van der Waals surface area (Å²) in [6.45, 7) is 0. The number of hydrogen-bond acceptors (Lipinski definition) is 3. The topological polar surface area (TPSA) is 73.1 Å². The summed E-state index contributed by atoms with van der Waals surface area (Å²) in [6.07, 6.45) is -1.89. The summed E-state index contributed by atoms with van der Waals surface area (Å²) in [6, 6.07) is 0. The molecule has 1 aromatic heterocycles. The third-order valence-electron chi connectivity index (χ3n) is 1.47. The number of nitrogens with zero attached hydrogens (tertiary/aromatic N) is 1. The minimum atomic E-state index is -3.92. The van der Waals surface area contributed by atoms with Crippen LogP contribution in [0.3, 0.4) is 0 Å². The fourth-order valence-electron chi connectivity index (χ4n) is 0.813. The van der Waals surface area contributed by atoms with Crippen LogP contribution in [0.5, 0.6) is 0 Å². The Morgan fingerprint density at radius 2 is 1.87 bits per heavy atom. The molecule has 15 heavy (non-hydrogen) atoms. The largest absolute Gasteiger partial charge is 0.281 e. The predicted octanol–water partition coefficient (Wildman–Crippen LogP) is 1.88. The minimum Gasteiger partial charge on any atom is -0.253 e. The SMILES string of the molecule is NS(=O)(=O)c1cnc(C(F)F)c(I)c1I. The van der Waals surface area contributed by atoms with Crippen LogP contribution in [0.25, 0.3) is 0 Å². The Morgan fingerprint density at radius 1 is 1.33 bits per heavy atom. The van der Waals surface area contributed by atoms with Crippen molar-refractivity contribution in [3.8, 4) is 0 Å². The highest BCUT2D eigenvalue weighted by Crippen LogP contribution is 2.29. The molecule has 0 aromatic carbocycles. The van der Waals surface area contributed by atoms with Gasteiger partial charge in [-0.25, -0.2) is 22.3 Å². The third kappa shape index (κ3) is 2.94. The van der Waals surface area contributed by atoms with Gasteiger partial charge in [0.1, 0.15) is 10.6 Å². The first-order valence-electron chi connectivity index (χ1n) is 3.40. The van der Waals surface area contributed by atoms with E-state index in [-0.39, 0.29) is 12.0 Å². The van der Waals surface area contributed by atoms with E-state index in [9.17, 15) is 17.2 Å². The fourth-order valence-corrected chi connectivity index (χ4v) is 3.55. The van der Waals surface area contributed by atoms with Crippen molar-refractivity contribution in [2.24, 2.45) is 5.14 Å². The second kappa shape index (κ2) is 4.71. The molecule has 0 aliphatic heterocycles. The van der Waals surface area contributed by atoms with Gasteiger partial charge in [-0.3, -0.25) is 4.98 Å². The molecule has 1 aromatic rings. The zero-order chi connectivity index (χ0) is 11.8. The Bertz CT molecular complexity index is 492. The van der Waals surface area contributed by atoms with Gasteiger partial charge in [0.25, 0.3) is 6.43 Å². The van der Waals surface area contributed by atoms with Gasteiger partial charge in [0.05, 0.1) is 7.14 Å². The van der Waals surface area contributed by atoms with Crippen molar-refractivity contribution >= 4 is 55.2 Å². The maximum Gasteiger partial charge on any atom is 0.281 e. The maximum atomic E-state index is 12.4. The number of aromatic nitrogens is 1. The van der Waals surface area contributed by atoms with Crippen LogP contribution in [-0.2, 0) is 10.0 Å². The van der Waals surface area contributed by atoms with Crippen molar-refractivity contribution in [2.45, 2.75) is 11.3 Å². The number of hydrogen-bond donors (Lipinski definition) is 1. The molecule has 0 aliphatic carbocycles. The van der Waals surface area contributed by atoms with Crippen molar-refractivity contribution in [3.05, 3.63) is 19.0 Å². The standard InChI is InChI=1S/C6H4F2I2N2O2S/c7-6(8)5-4(10)3(9)2(1-12-5)15(11,13)14/h1,6H,(H2,11,13,14). The predicted molar refractivity (Wildman–Crippen MR) is 66.0 cm³/mol.